The minimum atomic E-state index is 0.847. The Morgan fingerprint density at radius 1 is 1.27 bits per heavy atom. The fraction of sp³-hybridized carbons (Fsp3) is 0.636. The van der Waals surface area contributed by atoms with Crippen LogP contribution in [0.3, 0.4) is 0 Å². The lowest BCUT2D eigenvalue weighted by molar-refractivity contribution is 0.370. The van der Waals surface area contributed by atoms with Gasteiger partial charge >= 0.3 is 0 Å². The van der Waals surface area contributed by atoms with Crippen molar-refractivity contribution in [2.45, 2.75) is 25.7 Å². The van der Waals surface area contributed by atoms with Gasteiger partial charge in [0.25, 0.3) is 0 Å². The van der Waals surface area contributed by atoms with Crippen molar-refractivity contribution in [3.05, 3.63) is 23.8 Å². The van der Waals surface area contributed by atoms with Crippen LogP contribution in [0.5, 0.6) is 0 Å². The molecule has 1 saturated carbocycles. The highest BCUT2D eigenvalue weighted by atomic mass is 14.4. The second kappa shape index (κ2) is 2.00. The topological polar surface area (TPSA) is 0 Å². The largest absolute Gasteiger partial charge is 0.0839 e. The Bertz CT molecular complexity index is 234. The normalized spacial score (nSPS) is 45.8. The Kier molecular flexibility index (Phi) is 1.10. The van der Waals surface area contributed by atoms with Crippen molar-refractivity contribution in [3.63, 3.8) is 0 Å². The molecule has 0 bridgehead atoms. The first-order valence-electron chi connectivity index (χ1n) is 4.82. The molecule has 0 aliphatic heterocycles. The van der Waals surface area contributed by atoms with Gasteiger partial charge in [0.15, 0.2) is 0 Å². The van der Waals surface area contributed by atoms with E-state index in [2.05, 4.69) is 18.2 Å². The van der Waals surface area contributed by atoms with Gasteiger partial charge in [0.1, 0.15) is 0 Å². The molecule has 0 aromatic heterocycles. The van der Waals surface area contributed by atoms with Crippen LogP contribution in [0.15, 0.2) is 23.8 Å². The van der Waals surface area contributed by atoms with E-state index in [0.717, 1.165) is 17.8 Å². The van der Waals surface area contributed by atoms with E-state index in [9.17, 15) is 0 Å². The highest BCUT2D eigenvalue weighted by molar-refractivity contribution is 5.27. The first-order valence-corrected chi connectivity index (χ1v) is 4.82. The molecular formula is C11H14. The van der Waals surface area contributed by atoms with Gasteiger partial charge in [0.05, 0.1) is 0 Å². The summed E-state index contributed by atoms with van der Waals surface area (Å²) < 4.78 is 0. The van der Waals surface area contributed by atoms with Crippen LogP contribution in [0.4, 0.5) is 0 Å². The maximum atomic E-state index is 2.55. The molecule has 0 spiro atoms. The van der Waals surface area contributed by atoms with Gasteiger partial charge in [-0.05, 0) is 37.5 Å². The van der Waals surface area contributed by atoms with Crippen molar-refractivity contribution in [2.75, 3.05) is 0 Å². The zero-order valence-corrected chi connectivity index (χ0v) is 6.79. The van der Waals surface area contributed by atoms with Crippen LogP contribution in [-0.2, 0) is 0 Å². The summed E-state index contributed by atoms with van der Waals surface area (Å²) in [7, 11) is 0. The fourth-order valence-corrected chi connectivity index (χ4v) is 2.82. The summed E-state index contributed by atoms with van der Waals surface area (Å²) in [4.78, 5) is 0. The van der Waals surface area contributed by atoms with Crippen molar-refractivity contribution < 1.29 is 0 Å². The van der Waals surface area contributed by atoms with Crippen molar-refractivity contribution in [1.82, 2.24) is 0 Å². The summed E-state index contributed by atoms with van der Waals surface area (Å²) in [6.45, 7) is 0. The Hall–Kier alpha value is -0.520. The second-order valence-electron chi connectivity index (χ2n) is 4.19. The molecule has 0 heterocycles. The smallest absolute Gasteiger partial charge is 0.00125 e. The average molecular weight is 146 g/mol. The van der Waals surface area contributed by atoms with E-state index in [1.54, 1.807) is 5.57 Å². The van der Waals surface area contributed by atoms with E-state index in [0.29, 0.717) is 0 Å². The van der Waals surface area contributed by atoms with Gasteiger partial charge < -0.3 is 0 Å². The zero-order chi connectivity index (χ0) is 7.26. The Labute approximate surface area is 68.0 Å². The molecule has 3 aliphatic rings. The predicted molar refractivity (Wildman–Crippen MR) is 46.2 cm³/mol. The molecule has 3 rings (SSSR count). The van der Waals surface area contributed by atoms with Crippen LogP contribution in [0.1, 0.15) is 25.7 Å². The van der Waals surface area contributed by atoms with Gasteiger partial charge in [0, 0.05) is 5.92 Å². The Morgan fingerprint density at radius 2 is 2.27 bits per heavy atom. The highest BCUT2D eigenvalue weighted by Gasteiger charge is 2.34. The van der Waals surface area contributed by atoms with E-state index in [1.807, 2.05) is 0 Å². The molecule has 0 saturated heterocycles. The summed E-state index contributed by atoms with van der Waals surface area (Å²) in [6, 6.07) is 0. The number of allylic oxidation sites excluding steroid dienone is 4. The third-order valence-corrected chi connectivity index (χ3v) is 3.58. The van der Waals surface area contributed by atoms with Crippen LogP contribution in [0.2, 0.25) is 0 Å². The number of hydrogen-bond acceptors (Lipinski definition) is 0. The van der Waals surface area contributed by atoms with Gasteiger partial charge in [-0.15, -0.1) is 0 Å². The molecule has 11 heavy (non-hydrogen) atoms. The highest BCUT2D eigenvalue weighted by Crippen LogP contribution is 2.46. The summed E-state index contributed by atoms with van der Waals surface area (Å²) in [6.07, 6.45) is 13.1. The lowest BCUT2D eigenvalue weighted by Crippen LogP contribution is -2.24. The summed E-state index contributed by atoms with van der Waals surface area (Å²) in [5, 5.41) is 0. The molecule has 0 aromatic carbocycles. The number of fused-ring (bicyclic) bond motifs is 2. The van der Waals surface area contributed by atoms with Crippen LogP contribution >= 0.6 is 0 Å². The maximum Gasteiger partial charge on any atom is 0.00125 e. The quantitative estimate of drug-likeness (QED) is 0.461. The van der Waals surface area contributed by atoms with Crippen molar-refractivity contribution in [1.29, 1.82) is 0 Å². The molecule has 0 heteroatoms. The molecule has 58 valence electrons. The standard InChI is InChI=1S/C11H14/c1-2-8-6-10-4-5-11(10)7-9(8)3-1/h4-6,9-11H,1-3,7H2. The minimum Gasteiger partial charge on any atom is -0.0839 e. The van der Waals surface area contributed by atoms with Crippen LogP contribution in [0, 0.1) is 17.8 Å². The number of hydrogen-bond donors (Lipinski definition) is 0. The lowest BCUT2D eigenvalue weighted by Gasteiger charge is -2.35. The molecule has 3 aliphatic carbocycles. The summed E-state index contributed by atoms with van der Waals surface area (Å²) >= 11 is 0. The predicted octanol–water partition coefficient (Wildman–Crippen LogP) is 2.92. The van der Waals surface area contributed by atoms with E-state index < -0.39 is 0 Å². The van der Waals surface area contributed by atoms with Gasteiger partial charge in [-0.25, -0.2) is 0 Å². The Morgan fingerprint density at radius 3 is 3.09 bits per heavy atom. The first kappa shape index (κ1) is 6.05. The SMILES string of the molecule is C1=CC2CC3CCCC3=CC12. The molecule has 1 fully saturated rings. The van der Waals surface area contributed by atoms with Gasteiger partial charge in [-0.1, -0.05) is 23.8 Å². The number of rotatable bonds is 0. The monoisotopic (exact) mass is 146 g/mol. The average Bonchev–Trinajstić information content (AvgIpc) is 2.40. The van der Waals surface area contributed by atoms with Crippen LogP contribution < -0.4 is 0 Å². The molecule has 3 unspecified atom stereocenters. The molecule has 0 amide bonds. The third kappa shape index (κ3) is 0.756. The van der Waals surface area contributed by atoms with Crippen molar-refractivity contribution in [3.8, 4) is 0 Å². The maximum absolute atomic E-state index is 2.55. The lowest BCUT2D eigenvalue weighted by atomic mass is 9.70. The van der Waals surface area contributed by atoms with E-state index >= 15 is 0 Å². The van der Waals surface area contributed by atoms with Gasteiger partial charge in [0.2, 0.25) is 0 Å². The van der Waals surface area contributed by atoms with E-state index in [-0.39, 0.29) is 0 Å². The molecule has 3 atom stereocenters. The third-order valence-electron chi connectivity index (χ3n) is 3.58. The second-order valence-corrected chi connectivity index (χ2v) is 4.19. The van der Waals surface area contributed by atoms with E-state index in [4.69, 9.17) is 0 Å². The van der Waals surface area contributed by atoms with Crippen LogP contribution in [0.25, 0.3) is 0 Å². The minimum absolute atomic E-state index is 0.847. The summed E-state index contributed by atoms with van der Waals surface area (Å²) in [5.41, 5.74) is 1.79. The van der Waals surface area contributed by atoms with Crippen LogP contribution in [-0.4, -0.2) is 0 Å². The van der Waals surface area contributed by atoms with Gasteiger partial charge in [-0.3, -0.25) is 0 Å². The van der Waals surface area contributed by atoms with Crippen molar-refractivity contribution in [2.24, 2.45) is 17.8 Å². The van der Waals surface area contributed by atoms with Gasteiger partial charge in [-0.2, -0.15) is 0 Å². The first-order chi connectivity index (χ1) is 5.43. The fourth-order valence-electron chi connectivity index (χ4n) is 2.82. The van der Waals surface area contributed by atoms with E-state index in [1.165, 1.54) is 25.7 Å². The van der Waals surface area contributed by atoms with Crippen molar-refractivity contribution >= 4 is 0 Å². The molecule has 0 nitrogen and oxygen atoms in total. The summed E-state index contributed by atoms with van der Waals surface area (Å²) in [5.74, 6) is 2.77. The molecule has 0 N–H and O–H groups in total. The molecule has 0 aromatic rings. The molecule has 0 radical (unpaired) electrons. The zero-order valence-electron chi connectivity index (χ0n) is 6.79. The Balaban J connectivity index is 1.94. The molecular weight excluding hydrogens is 132 g/mol.